The Kier molecular flexibility index (Phi) is 2.32. The summed E-state index contributed by atoms with van der Waals surface area (Å²) in [5.74, 6) is 0. The number of aromatic nitrogens is 1. The van der Waals surface area contributed by atoms with E-state index in [0.717, 1.165) is 0 Å². The zero-order valence-electron chi connectivity index (χ0n) is 8.51. The Morgan fingerprint density at radius 2 is 2.25 bits per heavy atom. The number of nitro benzene ring substituents is 1. The summed E-state index contributed by atoms with van der Waals surface area (Å²) in [5.41, 5.74) is 7.08. The molecule has 0 aliphatic heterocycles. The van der Waals surface area contributed by atoms with Crippen molar-refractivity contribution in [1.29, 1.82) is 0 Å². The Morgan fingerprint density at radius 3 is 2.81 bits per heavy atom. The summed E-state index contributed by atoms with van der Waals surface area (Å²) < 4.78 is 4.85. The largest absolute Gasteiger partial charge is 0.432 e. The zero-order valence-corrected chi connectivity index (χ0v) is 8.51. The first-order valence-electron chi connectivity index (χ1n) is 4.54. The van der Waals surface area contributed by atoms with E-state index in [9.17, 15) is 10.1 Å². The molecule has 0 amide bonds. The molecule has 16 heavy (non-hydrogen) atoms. The van der Waals surface area contributed by atoms with Crippen molar-refractivity contribution in [1.82, 2.24) is 4.98 Å². The van der Waals surface area contributed by atoms with Gasteiger partial charge in [-0.05, 0) is 6.92 Å². The molecule has 0 aliphatic rings. The molecule has 1 aromatic carbocycles. The maximum absolute atomic E-state index is 10.7. The number of oxazole rings is 1. The second-order valence-electron chi connectivity index (χ2n) is 3.33. The Hall–Kier alpha value is -2.37. The monoisotopic (exact) mass is 219 g/mol. The molecule has 6 nitrogen and oxygen atoms in total. The SMILES string of the molecule is Cc1ccc(-c2coc(N)n2)cc1[N+](=O)[O-]. The van der Waals surface area contributed by atoms with Gasteiger partial charge in [-0.2, -0.15) is 4.98 Å². The second-order valence-corrected chi connectivity index (χ2v) is 3.33. The minimum atomic E-state index is -0.428. The second kappa shape index (κ2) is 3.65. The summed E-state index contributed by atoms with van der Waals surface area (Å²) in [6, 6.07) is 4.89. The van der Waals surface area contributed by atoms with Gasteiger partial charge in [-0.3, -0.25) is 10.1 Å². The maximum Gasteiger partial charge on any atom is 0.292 e. The molecule has 1 heterocycles. The Bertz CT molecular complexity index is 548. The number of nitrogen functional groups attached to an aromatic ring is 1. The van der Waals surface area contributed by atoms with Crippen molar-refractivity contribution >= 4 is 11.7 Å². The van der Waals surface area contributed by atoms with Gasteiger partial charge >= 0.3 is 0 Å². The molecule has 0 fully saturated rings. The molecule has 0 saturated heterocycles. The number of hydrogen-bond acceptors (Lipinski definition) is 5. The zero-order chi connectivity index (χ0) is 11.7. The fourth-order valence-corrected chi connectivity index (χ4v) is 1.39. The predicted octanol–water partition coefficient (Wildman–Crippen LogP) is 2.14. The molecule has 0 unspecified atom stereocenters. The fraction of sp³-hybridized carbons (Fsp3) is 0.100. The first kappa shape index (κ1) is 10.2. The Labute approximate surface area is 90.9 Å². The smallest absolute Gasteiger partial charge is 0.292 e. The molecule has 0 aliphatic carbocycles. The third-order valence-corrected chi connectivity index (χ3v) is 2.22. The summed E-state index contributed by atoms with van der Waals surface area (Å²) in [7, 11) is 0. The highest BCUT2D eigenvalue weighted by molar-refractivity contribution is 5.64. The van der Waals surface area contributed by atoms with Gasteiger partial charge in [0.05, 0.1) is 4.92 Å². The van der Waals surface area contributed by atoms with Gasteiger partial charge in [0, 0.05) is 17.2 Å². The molecule has 1 aromatic heterocycles. The molecule has 0 atom stereocenters. The van der Waals surface area contributed by atoms with Gasteiger partial charge in [-0.15, -0.1) is 0 Å². The Morgan fingerprint density at radius 1 is 1.50 bits per heavy atom. The van der Waals surface area contributed by atoms with Crippen LogP contribution in [0.1, 0.15) is 5.56 Å². The Balaban J connectivity index is 2.51. The summed E-state index contributed by atoms with van der Waals surface area (Å²) in [6.45, 7) is 1.68. The van der Waals surface area contributed by atoms with E-state index in [0.29, 0.717) is 16.8 Å². The predicted molar refractivity (Wildman–Crippen MR) is 57.7 cm³/mol. The molecule has 0 bridgehead atoms. The van der Waals surface area contributed by atoms with Crippen LogP contribution in [0.25, 0.3) is 11.3 Å². The fourth-order valence-electron chi connectivity index (χ4n) is 1.39. The lowest BCUT2D eigenvalue weighted by atomic mass is 10.1. The van der Waals surface area contributed by atoms with Gasteiger partial charge in [0.25, 0.3) is 11.7 Å². The summed E-state index contributed by atoms with van der Waals surface area (Å²) in [4.78, 5) is 14.2. The van der Waals surface area contributed by atoms with Gasteiger partial charge in [0.1, 0.15) is 12.0 Å². The van der Waals surface area contributed by atoms with E-state index < -0.39 is 4.92 Å². The molecular formula is C10H9N3O3. The first-order chi connectivity index (χ1) is 7.58. The molecule has 0 spiro atoms. The van der Waals surface area contributed by atoms with E-state index in [-0.39, 0.29) is 11.7 Å². The van der Waals surface area contributed by atoms with Crippen molar-refractivity contribution in [3.05, 3.63) is 40.1 Å². The van der Waals surface area contributed by atoms with Crippen molar-refractivity contribution < 1.29 is 9.34 Å². The first-order valence-corrected chi connectivity index (χ1v) is 4.54. The molecule has 0 saturated carbocycles. The number of nitrogens with two attached hydrogens (primary N) is 1. The highest BCUT2D eigenvalue weighted by atomic mass is 16.6. The van der Waals surface area contributed by atoms with Gasteiger partial charge in [0.2, 0.25) is 0 Å². The van der Waals surface area contributed by atoms with Crippen molar-refractivity contribution in [2.75, 3.05) is 5.73 Å². The van der Waals surface area contributed by atoms with E-state index >= 15 is 0 Å². The number of benzene rings is 1. The van der Waals surface area contributed by atoms with Crippen LogP contribution < -0.4 is 5.73 Å². The van der Waals surface area contributed by atoms with Crippen LogP contribution in [0, 0.1) is 17.0 Å². The van der Waals surface area contributed by atoms with E-state index in [2.05, 4.69) is 4.98 Å². The van der Waals surface area contributed by atoms with E-state index in [1.807, 2.05) is 0 Å². The number of aryl methyl sites for hydroxylation is 1. The van der Waals surface area contributed by atoms with Crippen LogP contribution in [-0.2, 0) is 0 Å². The van der Waals surface area contributed by atoms with E-state index in [1.54, 1.807) is 19.1 Å². The van der Waals surface area contributed by atoms with Gasteiger partial charge in [0.15, 0.2) is 0 Å². The molecule has 82 valence electrons. The summed E-state index contributed by atoms with van der Waals surface area (Å²) in [6.07, 6.45) is 1.36. The molecule has 0 radical (unpaired) electrons. The third kappa shape index (κ3) is 1.72. The quantitative estimate of drug-likeness (QED) is 0.616. The number of hydrogen-bond donors (Lipinski definition) is 1. The van der Waals surface area contributed by atoms with Crippen LogP contribution in [0.2, 0.25) is 0 Å². The standard InChI is InChI=1S/C10H9N3O3/c1-6-2-3-7(4-9(6)13(14)15)8-5-16-10(11)12-8/h2-5H,1H3,(H2,11,12). The highest BCUT2D eigenvalue weighted by Gasteiger charge is 2.13. The normalized spacial score (nSPS) is 10.3. The van der Waals surface area contributed by atoms with Crippen LogP contribution in [-0.4, -0.2) is 9.91 Å². The molecule has 2 rings (SSSR count). The van der Waals surface area contributed by atoms with Gasteiger partial charge in [-0.1, -0.05) is 12.1 Å². The lowest BCUT2D eigenvalue weighted by Crippen LogP contribution is -1.92. The van der Waals surface area contributed by atoms with Crippen molar-refractivity contribution in [2.45, 2.75) is 6.92 Å². The van der Waals surface area contributed by atoms with Crippen LogP contribution in [0.4, 0.5) is 11.7 Å². The maximum atomic E-state index is 10.7. The lowest BCUT2D eigenvalue weighted by molar-refractivity contribution is -0.385. The summed E-state index contributed by atoms with van der Waals surface area (Å²) in [5, 5.41) is 10.7. The number of anilines is 1. The molecule has 2 N–H and O–H groups in total. The van der Waals surface area contributed by atoms with Crippen molar-refractivity contribution in [3.8, 4) is 11.3 Å². The van der Waals surface area contributed by atoms with Crippen LogP contribution in [0.3, 0.4) is 0 Å². The minimum Gasteiger partial charge on any atom is -0.432 e. The van der Waals surface area contributed by atoms with Crippen LogP contribution in [0.5, 0.6) is 0 Å². The molecule has 6 heteroatoms. The third-order valence-electron chi connectivity index (χ3n) is 2.22. The van der Waals surface area contributed by atoms with E-state index in [1.165, 1.54) is 12.3 Å². The minimum absolute atomic E-state index is 0.0400. The summed E-state index contributed by atoms with van der Waals surface area (Å²) >= 11 is 0. The number of rotatable bonds is 2. The van der Waals surface area contributed by atoms with Crippen LogP contribution >= 0.6 is 0 Å². The molecular weight excluding hydrogens is 210 g/mol. The number of nitrogens with zero attached hydrogens (tertiary/aromatic N) is 2. The lowest BCUT2D eigenvalue weighted by Gasteiger charge is -1.99. The van der Waals surface area contributed by atoms with Gasteiger partial charge < -0.3 is 10.2 Å². The topological polar surface area (TPSA) is 95.2 Å². The number of nitro groups is 1. The van der Waals surface area contributed by atoms with E-state index in [4.69, 9.17) is 10.2 Å². The average Bonchev–Trinajstić information content (AvgIpc) is 2.65. The van der Waals surface area contributed by atoms with Crippen molar-refractivity contribution in [2.24, 2.45) is 0 Å². The van der Waals surface area contributed by atoms with Gasteiger partial charge in [-0.25, -0.2) is 0 Å². The highest BCUT2D eigenvalue weighted by Crippen LogP contribution is 2.26. The van der Waals surface area contributed by atoms with Crippen molar-refractivity contribution in [3.63, 3.8) is 0 Å². The average molecular weight is 219 g/mol. The molecule has 2 aromatic rings. The van der Waals surface area contributed by atoms with Crippen LogP contribution in [0.15, 0.2) is 28.9 Å².